The number of para-hydroxylation sites is 1. The van der Waals surface area contributed by atoms with Gasteiger partial charge in [-0.15, -0.1) is 0 Å². The first-order valence-corrected chi connectivity index (χ1v) is 12.9. The summed E-state index contributed by atoms with van der Waals surface area (Å²) in [5, 5.41) is 3.66. The lowest BCUT2D eigenvalue weighted by molar-refractivity contribution is -0.120. The molecule has 2 heterocycles. The number of hydrogen-bond acceptors (Lipinski definition) is 9. The summed E-state index contributed by atoms with van der Waals surface area (Å²) in [6, 6.07) is 13.0. The fraction of sp³-hybridized carbons (Fsp3) is 0.222. The van der Waals surface area contributed by atoms with E-state index >= 15 is 0 Å². The molecule has 0 bridgehead atoms. The highest BCUT2D eigenvalue weighted by molar-refractivity contribution is 8.04. The Morgan fingerprint density at radius 1 is 1.05 bits per heavy atom. The van der Waals surface area contributed by atoms with Gasteiger partial charge in [-0.2, -0.15) is 0 Å². The molecule has 2 aromatic carbocycles. The Hall–Kier alpha value is -3.89. The number of nitrogens with zero attached hydrogens (tertiary/aromatic N) is 3. The van der Waals surface area contributed by atoms with Gasteiger partial charge in [-0.05, 0) is 68.4 Å². The molecule has 0 unspecified atom stereocenters. The first kappa shape index (κ1) is 27.2. The van der Waals surface area contributed by atoms with Gasteiger partial charge in [0, 0.05) is 17.1 Å². The van der Waals surface area contributed by atoms with Crippen LogP contribution in [0.25, 0.3) is 0 Å². The van der Waals surface area contributed by atoms with Crippen LogP contribution in [0, 0.1) is 13.8 Å². The Bertz CT molecular complexity index is 1440. The number of amides is 2. The minimum absolute atomic E-state index is 0.000668. The third-order valence-corrected chi connectivity index (χ3v) is 6.66. The van der Waals surface area contributed by atoms with Gasteiger partial charge in [0.25, 0.3) is 11.8 Å². The number of halogens is 1. The number of carbonyl (C=O) groups excluding carboxylic acids is 3. The zero-order chi connectivity index (χ0) is 27.4. The van der Waals surface area contributed by atoms with Crippen molar-refractivity contribution in [3.05, 3.63) is 81.1 Å². The summed E-state index contributed by atoms with van der Waals surface area (Å²) in [5.41, 5.74) is 2.12. The second-order valence-electron chi connectivity index (χ2n) is 8.31. The predicted molar refractivity (Wildman–Crippen MR) is 146 cm³/mol. The minimum atomic E-state index is -0.649. The molecular weight excluding hydrogens is 528 g/mol. The Labute approximate surface area is 229 Å². The van der Waals surface area contributed by atoms with E-state index in [0.717, 1.165) is 28.0 Å². The molecule has 0 radical (unpaired) electrons. The lowest BCUT2D eigenvalue weighted by Crippen LogP contribution is -2.33. The number of anilines is 2. The molecule has 4 rings (SSSR count). The highest BCUT2D eigenvalue weighted by Crippen LogP contribution is 2.38. The number of methoxy groups -OCH3 is 1. The molecule has 2 amide bonds. The van der Waals surface area contributed by atoms with E-state index < -0.39 is 17.8 Å². The van der Waals surface area contributed by atoms with Gasteiger partial charge < -0.3 is 14.8 Å². The molecule has 1 aliphatic heterocycles. The number of thioether (sulfide) groups is 1. The molecular formula is C27H25ClN4O5S. The number of nitrogens with one attached hydrogen (secondary N) is 1. The van der Waals surface area contributed by atoms with Crippen LogP contribution in [0.5, 0.6) is 5.75 Å². The highest BCUT2D eigenvalue weighted by Gasteiger charge is 2.42. The van der Waals surface area contributed by atoms with Crippen molar-refractivity contribution in [1.82, 2.24) is 9.97 Å². The highest BCUT2D eigenvalue weighted by atomic mass is 35.5. The maximum absolute atomic E-state index is 13.8. The first-order valence-electron chi connectivity index (χ1n) is 11.7. The topological polar surface area (TPSA) is 111 Å². The number of aromatic nitrogens is 2. The van der Waals surface area contributed by atoms with E-state index in [4.69, 9.17) is 21.1 Å². The van der Waals surface area contributed by atoms with Crippen molar-refractivity contribution in [3.8, 4) is 5.75 Å². The summed E-state index contributed by atoms with van der Waals surface area (Å²) in [4.78, 5) is 50.2. The zero-order valence-corrected chi connectivity index (χ0v) is 22.8. The molecule has 9 nitrogen and oxygen atoms in total. The number of ether oxygens (including phenoxy) is 2. The number of rotatable bonds is 9. The van der Waals surface area contributed by atoms with E-state index in [-0.39, 0.29) is 28.5 Å². The summed E-state index contributed by atoms with van der Waals surface area (Å²) in [6.07, 6.45) is 0.631. The van der Waals surface area contributed by atoms with Crippen LogP contribution >= 0.6 is 23.4 Å². The Balaban J connectivity index is 1.78. The lowest BCUT2D eigenvalue weighted by atomic mass is 10.1. The molecule has 0 aliphatic carbocycles. The maximum Gasteiger partial charge on any atom is 0.340 e. The van der Waals surface area contributed by atoms with Crippen LogP contribution in [0.15, 0.2) is 64.3 Å². The molecule has 196 valence electrons. The fourth-order valence-electron chi connectivity index (χ4n) is 3.77. The standard InChI is InChI=1S/C27H25ClN4O5S/c1-5-12-37-26(35)18-8-6-7-9-20(18)32-24(33)22(31-17-10-11-21(36-4)19(28)14-17)23(25(32)34)38-27-29-15(2)13-16(3)30-27/h6-11,13-14,31H,5,12H2,1-4H3. The number of imide groups is 1. The Kier molecular flexibility index (Phi) is 8.33. The second kappa shape index (κ2) is 11.7. The van der Waals surface area contributed by atoms with Crippen molar-refractivity contribution in [2.75, 3.05) is 23.9 Å². The summed E-state index contributed by atoms with van der Waals surface area (Å²) in [6.45, 7) is 5.72. The maximum atomic E-state index is 13.8. The average Bonchev–Trinajstić information content (AvgIpc) is 3.10. The predicted octanol–water partition coefficient (Wildman–Crippen LogP) is 5.31. The van der Waals surface area contributed by atoms with E-state index in [1.807, 2.05) is 26.8 Å². The largest absolute Gasteiger partial charge is 0.495 e. The zero-order valence-electron chi connectivity index (χ0n) is 21.2. The summed E-state index contributed by atoms with van der Waals surface area (Å²) in [7, 11) is 1.50. The molecule has 1 N–H and O–H groups in total. The van der Waals surface area contributed by atoms with Crippen LogP contribution in [0.2, 0.25) is 5.02 Å². The number of aryl methyl sites for hydroxylation is 2. The van der Waals surface area contributed by atoms with E-state index in [0.29, 0.717) is 28.0 Å². The summed E-state index contributed by atoms with van der Waals surface area (Å²) >= 11 is 7.25. The average molecular weight is 553 g/mol. The first-order chi connectivity index (χ1) is 18.2. The molecule has 0 saturated heterocycles. The summed E-state index contributed by atoms with van der Waals surface area (Å²) < 4.78 is 10.5. The molecule has 38 heavy (non-hydrogen) atoms. The number of benzene rings is 2. The van der Waals surface area contributed by atoms with Gasteiger partial charge in [0.2, 0.25) is 0 Å². The minimum Gasteiger partial charge on any atom is -0.495 e. The van der Waals surface area contributed by atoms with E-state index in [1.165, 1.54) is 19.2 Å². The van der Waals surface area contributed by atoms with Gasteiger partial charge >= 0.3 is 5.97 Å². The van der Waals surface area contributed by atoms with Crippen LogP contribution < -0.4 is 15.0 Å². The molecule has 1 aliphatic rings. The smallest absolute Gasteiger partial charge is 0.340 e. The second-order valence-corrected chi connectivity index (χ2v) is 9.70. The van der Waals surface area contributed by atoms with Gasteiger partial charge in [-0.1, -0.05) is 30.7 Å². The van der Waals surface area contributed by atoms with Gasteiger partial charge in [0.1, 0.15) is 16.4 Å². The number of esters is 1. The molecule has 11 heteroatoms. The van der Waals surface area contributed by atoms with E-state index in [1.54, 1.807) is 30.3 Å². The normalized spacial score (nSPS) is 13.2. The number of carbonyl (C=O) groups is 3. The monoisotopic (exact) mass is 552 g/mol. The molecule has 3 aromatic rings. The van der Waals surface area contributed by atoms with Crippen LogP contribution in [-0.4, -0.2) is 41.5 Å². The SMILES string of the molecule is CCCOC(=O)c1ccccc1N1C(=O)C(Nc2ccc(OC)c(Cl)c2)=C(Sc2nc(C)cc(C)n2)C1=O. The van der Waals surface area contributed by atoms with Gasteiger partial charge in [0.15, 0.2) is 5.16 Å². The molecule has 0 atom stereocenters. The van der Waals surface area contributed by atoms with Crippen molar-refractivity contribution in [2.24, 2.45) is 0 Å². The van der Waals surface area contributed by atoms with E-state index in [2.05, 4.69) is 15.3 Å². The molecule has 0 saturated carbocycles. The third-order valence-electron chi connectivity index (χ3n) is 5.42. The summed E-state index contributed by atoms with van der Waals surface area (Å²) in [5.74, 6) is -1.44. The lowest BCUT2D eigenvalue weighted by Gasteiger charge is -2.18. The van der Waals surface area contributed by atoms with Crippen molar-refractivity contribution >= 4 is 52.5 Å². The van der Waals surface area contributed by atoms with Crippen molar-refractivity contribution in [2.45, 2.75) is 32.3 Å². The van der Waals surface area contributed by atoms with E-state index in [9.17, 15) is 14.4 Å². The Morgan fingerprint density at radius 2 is 1.76 bits per heavy atom. The van der Waals surface area contributed by atoms with Gasteiger partial charge in [0.05, 0.1) is 30.0 Å². The van der Waals surface area contributed by atoms with Gasteiger partial charge in [-0.3, -0.25) is 9.59 Å². The van der Waals surface area contributed by atoms with Crippen molar-refractivity contribution in [3.63, 3.8) is 0 Å². The van der Waals surface area contributed by atoms with Crippen LogP contribution in [0.4, 0.5) is 11.4 Å². The molecule has 0 spiro atoms. The van der Waals surface area contributed by atoms with Crippen molar-refractivity contribution in [1.29, 1.82) is 0 Å². The number of hydrogen-bond donors (Lipinski definition) is 1. The van der Waals surface area contributed by atoms with Crippen molar-refractivity contribution < 1.29 is 23.9 Å². The fourth-order valence-corrected chi connectivity index (χ4v) is 5.00. The molecule has 0 fully saturated rings. The Morgan fingerprint density at radius 3 is 2.42 bits per heavy atom. The molecule has 1 aromatic heterocycles. The van der Waals surface area contributed by atoms with Crippen LogP contribution in [0.1, 0.15) is 35.1 Å². The quantitative estimate of drug-likeness (QED) is 0.214. The van der Waals surface area contributed by atoms with Gasteiger partial charge in [-0.25, -0.2) is 19.7 Å². The third kappa shape index (κ3) is 5.66. The van der Waals surface area contributed by atoms with Crippen LogP contribution in [-0.2, 0) is 14.3 Å². The van der Waals surface area contributed by atoms with Crippen LogP contribution in [0.3, 0.4) is 0 Å².